The van der Waals surface area contributed by atoms with Crippen LogP contribution in [0.25, 0.3) is 0 Å². The number of carbonyl (C=O) groups excluding carboxylic acids is 1. The number of hydrogen-bond acceptors (Lipinski definition) is 4. The first-order valence-electron chi connectivity index (χ1n) is 11.5. The zero-order valence-electron chi connectivity index (χ0n) is 19.9. The van der Waals surface area contributed by atoms with Crippen molar-refractivity contribution in [1.29, 1.82) is 0 Å². The monoisotopic (exact) mass is 571 g/mol. The molecule has 0 bridgehead atoms. The number of amides is 1. The third kappa shape index (κ3) is 6.39. The Kier molecular flexibility index (Phi) is 7.69. The van der Waals surface area contributed by atoms with Crippen LogP contribution in [-0.2, 0) is 12.4 Å². The molecular formula is C26H20ClF6N3O3. The lowest BCUT2D eigenvalue weighted by Gasteiger charge is -2.39. The van der Waals surface area contributed by atoms with E-state index in [1.165, 1.54) is 47.4 Å². The second kappa shape index (κ2) is 10.7. The van der Waals surface area contributed by atoms with Crippen LogP contribution in [0.1, 0.15) is 31.8 Å². The SMILES string of the molecule is O=C(O)c1ccc(N2CCN(c3cc(C(F)(F)F)ccc3C(F)(F)F)CC2)c(NC(=O)c2ccc(Cl)cc2)c1. The highest BCUT2D eigenvalue weighted by atomic mass is 35.5. The van der Waals surface area contributed by atoms with E-state index in [-0.39, 0.29) is 43.0 Å². The van der Waals surface area contributed by atoms with Crippen LogP contribution in [0.4, 0.5) is 43.4 Å². The molecular weight excluding hydrogens is 552 g/mol. The van der Waals surface area contributed by atoms with E-state index >= 15 is 0 Å². The Labute approximate surface area is 223 Å². The molecule has 0 aromatic heterocycles. The quantitative estimate of drug-likeness (QED) is 0.335. The molecule has 1 amide bonds. The molecule has 6 nitrogen and oxygen atoms in total. The largest absolute Gasteiger partial charge is 0.478 e. The van der Waals surface area contributed by atoms with E-state index in [9.17, 15) is 41.0 Å². The number of carboxylic acid groups (broad SMARTS) is 1. The van der Waals surface area contributed by atoms with Gasteiger partial charge in [-0.15, -0.1) is 0 Å². The number of hydrogen-bond donors (Lipinski definition) is 2. The molecule has 4 rings (SSSR count). The van der Waals surface area contributed by atoms with E-state index in [4.69, 9.17) is 11.6 Å². The molecule has 0 radical (unpaired) electrons. The van der Waals surface area contributed by atoms with Gasteiger partial charge < -0.3 is 20.2 Å². The molecule has 1 aliphatic heterocycles. The number of nitrogens with zero attached hydrogens (tertiary/aromatic N) is 2. The number of aromatic carboxylic acids is 1. The summed E-state index contributed by atoms with van der Waals surface area (Å²) in [5.74, 6) is -1.79. The van der Waals surface area contributed by atoms with Crippen molar-refractivity contribution < 1.29 is 41.0 Å². The summed E-state index contributed by atoms with van der Waals surface area (Å²) in [6, 6.07) is 11.3. The van der Waals surface area contributed by atoms with Gasteiger partial charge in [0, 0.05) is 42.5 Å². The van der Waals surface area contributed by atoms with Gasteiger partial charge in [-0.25, -0.2) is 4.79 Å². The highest BCUT2D eigenvalue weighted by Gasteiger charge is 2.39. The fourth-order valence-corrected chi connectivity index (χ4v) is 4.36. The molecule has 2 N–H and O–H groups in total. The van der Waals surface area contributed by atoms with Crippen molar-refractivity contribution in [3.63, 3.8) is 0 Å². The molecule has 3 aromatic rings. The van der Waals surface area contributed by atoms with Crippen molar-refractivity contribution in [2.75, 3.05) is 41.3 Å². The summed E-state index contributed by atoms with van der Waals surface area (Å²) in [6.45, 7) is 0.0544. The molecule has 0 spiro atoms. The minimum atomic E-state index is -4.86. The van der Waals surface area contributed by atoms with Crippen molar-refractivity contribution >= 4 is 40.5 Å². The molecule has 0 aliphatic carbocycles. The van der Waals surface area contributed by atoms with Crippen LogP contribution in [0, 0.1) is 0 Å². The Hall–Kier alpha value is -3.93. The van der Waals surface area contributed by atoms with E-state index in [1.807, 2.05) is 0 Å². The number of alkyl halides is 6. The molecule has 206 valence electrons. The van der Waals surface area contributed by atoms with Crippen molar-refractivity contribution in [1.82, 2.24) is 0 Å². The Bertz CT molecular complexity index is 1390. The molecule has 13 heteroatoms. The highest BCUT2D eigenvalue weighted by molar-refractivity contribution is 6.30. The average molecular weight is 572 g/mol. The summed E-state index contributed by atoms with van der Waals surface area (Å²) in [5.41, 5.74) is -2.24. The van der Waals surface area contributed by atoms with Crippen LogP contribution >= 0.6 is 11.6 Å². The minimum absolute atomic E-state index is 0.0599. The maximum absolute atomic E-state index is 13.6. The molecule has 3 aromatic carbocycles. The van der Waals surface area contributed by atoms with Crippen LogP contribution in [-0.4, -0.2) is 43.2 Å². The average Bonchev–Trinajstić information content (AvgIpc) is 2.87. The fourth-order valence-electron chi connectivity index (χ4n) is 4.24. The van der Waals surface area contributed by atoms with Crippen molar-refractivity contribution in [2.24, 2.45) is 0 Å². The summed E-state index contributed by atoms with van der Waals surface area (Å²) in [6.07, 6.45) is -9.67. The van der Waals surface area contributed by atoms with Gasteiger partial charge in [-0.1, -0.05) is 11.6 Å². The summed E-state index contributed by atoms with van der Waals surface area (Å²) in [7, 11) is 0. The highest BCUT2D eigenvalue weighted by Crippen LogP contribution is 2.41. The number of anilines is 3. The Morgan fingerprint density at radius 3 is 1.85 bits per heavy atom. The predicted octanol–water partition coefficient (Wildman–Crippen LogP) is 6.65. The normalized spacial score (nSPS) is 14.3. The summed E-state index contributed by atoms with van der Waals surface area (Å²) in [5, 5.41) is 12.5. The molecule has 1 heterocycles. The number of halogens is 7. The molecule has 1 saturated heterocycles. The van der Waals surface area contributed by atoms with Gasteiger partial charge in [0.25, 0.3) is 5.91 Å². The van der Waals surface area contributed by atoms with Crippen molar-refractivity contribution in [2.45, 2.75) is 12.4 Å². The van der Waals surface area contributed by atoms with Crippen molar-refractivity contribution in [3.05, 3.63) is 87.9 Å². The smallest absolute Gasteiger partial charge is 0.418 e. The minimum Gasteiger partial charge on any atom is -0.478 e. The predicted molar refractivity (Wildman–Crippen MR) is 134 cm³/mol. The van der Waals surface area contributed by atoms with Crippen LogP contribution in [0.15, 0.2) is 60.7 Å². The van der Waals surface area contributed by atoms with Crippen molar-refractivity contribution in [3.8, 4) is 0 Å². The topological polar surface area (TPSA) is 72.9 Å². The Morgan fingerprint density at radius 1 is 0.744 bits per heavy atom. The molecule has 0 unspecified atom stereocenters. The zero-order chi connectivity index (χ0) is 28.5. The third-order valence-corrected chi connectivity index (χ3v) is 6.44. The van der Waals surface area contributed by atoms with E-state index in [1.54, 1.807) is 4.90 Å². The van der Waals surface area contributed by atoms with Gasteiger partial charge >= 0.3 is 18.3 Å². The number of carboxylic acids is 1. The van der Waals surface area contributed by atoms with Crippen LogP contribution in [0.3, 0.4) is 0 Å². The van der Waals surface area contributed by atoms with Gasteiger partial charge in [0.2, 0.25) is 0 Å². The lowest BCUT2D eigenvalue weighted by atomic mass is 10.1. The second-order valence-electron chi connectivity index (χ2n) is 8.70. The first-order valence-corrected chi connectivity index (χ1v) is 11.8. The lowest BCUT2D eigenvalue weighted by molar-refractivity contribution is -0.141. The standard InChI is InChI=1S/C26H20ClF6N3O3/c27-18-5-1-15(2-6-18)23(37)34-20-13-16(24(38)39)3-8-21(20)35-9-11-36(12-10-35)22-14-17(25(28,29)30)4-7-19(22)26(31,32)33/h1-8,13-14H,9-12H2,(H,34,37)(H,38,39). The van der Waals surface area contributed by atoms with Gasteiger partial charge in [0.1, 0.15) is 0 Å². The van der Waals surface area contributed by atoms with E-state index < -0.39 is 41.0 Å². The Morgan fingerprint density at radius 2 is 1.31 bits per heavy atom. The van der Waals surface area contributed by atoms with E-state index in [0.29, 0.717) is 28.9 Å². The van der Waals surface area contributed by atoms with Gasteiger partial charge in [0.15, 0.2) is 0 Å². The summed E-state index contributed by atoms with van der Waals surface area (Å²) < 4.78 is 80.5. The van der Waals surface area contributed by atoms with Crippen LogP contribution < -0.4 is 15.1 Å². The zero-order valence-corrected chi connectivity index (χ0v) is 20.7. The van der Waals surface area contributed by atoms with Gasteiger partial charge in [-0.2, -0.15) is 26.3 Å². The lowest BCUT2D eigenvalue weighted by Crippen LogP contribution is -2.47. The number of carbonyl (C=O) groups is 2. The maximum Gasteiger partial charge on any atom is 0.418 e. The fraction of sp³-hybridized carbons (Fsp3) is 0.231. The number of piperazine rings is 1. The molecule has 0 saturated carbocycles. The number of benzene rings is 3. The van der Waals surface area contributed by atoms with Gasteiger partial charge in [0.05, 0.1) is 28.1 Å². The first kappa shape index (κ1) is 28.1. The van der Waals surface area contributed by atoms with E-state index in [2.05, 4.69) is 5.32 Å². The molecule has 1 fully saturated rings. The van der Waals surface area contributed by atoms with E-state index in [0.717, 1.165) is 0 Å². The summed E-state index contributed by atoms with van der Waals surface area (Å²) in [4.78, 5) is 27.3. The Balaban J connectivity index is 1.60. The molecule has 0 atom stereocenters. The van der Waals surface area contributed by atoms with Gasteiger partial charge in [-0.05, 0) is 60.7 Å². The van der Waals surface area contributed by atoms with Crippen LogP contribution in [0.2, 0.25) is 5.02 Å². The van der Waals surface area contributed by atoms with Gasteiger partial charge in [-0.3, -0.25) is 4.79 Å². The second-order valence-corrected chi connectivity index (χ2v) is 9.14. The third-order valence-electron chi connectivity index (χ3n) is 6.19. The first-order chi connectivity index (χ1) is 18.2. The molecule has 1 aliphatic rings. The number of rotatable bonds is 5. The molecule has 39 heavy (non-hydrogen) atoms. The van der Waals surface area contributed by atoms with Crippen LogP contribution in [0.5, 0.6) is 0 Å². The summed E-state index contributed by atoms with van der Waals surface area (Å²) >= 11 is 5.85. The maximum atomic E-state index is 13.6. The number of nitrogens with one attached hydrogen (secondary N) is 1.